The van der Waals surface area contributed by atoms with Gasteiger partial charge in [0.1, 0.15) is 0 Å². The Morgan fingerprint density at radius 2 is 2.11 bits per heavy atom. The van der Waals surface area contributed by atoms with Crippen molar-refractivity contribution < 1.29 is 8.42 Å². The monoisotopic (exact) mass is 380 g/mol. The van der Waals surface area contributed by atoms with Crippen molar-refractivity contribution >= 4 is 54.6 Å². The molecule has 1 aromatic heterocycles. The molecule has 0 saturated heterocycles. The van der Waals surface area contributed by atoms with Crippen LogP contribution in [0.5, 0.6) is 0 Å². The molecule has 2 aromatic rings. The number of nitrogens with one attached hydrogen (secondary N) is 1. The number of nitrogens with two attached hydrogens (primary N) is 1. The van der Waals surface area contributed by atoms with Gasteiger partial charge in [0.05, 0.1) is 15.6 Å². The molecule has 8 heteroatoms. The summed E-state index contributed by atoms with van der Waals surface area (Å²) in [6.07, 6.45) is 0. The summed E-state index contributed by atoms with van der Waals surface area (Å²) in [4.78, 5) is 1.01. The van der Waals surface area contributed by atoms with Crippen LogP contribution in [0.25, 0.3) is 0 Å². The summed E-state index contributed by atoms with van der Waals surface area (Å²) in [5.74, 6) is 0. The molecular weight excluding hydrogens is 372 g/mol. The highest BCUT2D eigenvalue weighted by atomic mass is 79.9. The van der Waals surface area contributed by atoms with Gasteiger partial charge in [-0.1, -0.05) is 11.6 Å². The fourth-order valence-corrected chi connectivity index (χ4v) is 4.13. The molecule has 0 aliphatic heterocycles. The molecule has 0 fully saturated rings. The second-order valence-corrected chi connectivity index (χ2v) is 7.82. The second-order valence-electron chi connectivity index (χ2n) is 3.74. The summed E-state index contributed by atoms with van der Waals surface area (Å²) in [7, 11) is -3.59. The Labute approximate surface area is 128 Å². The van der Waals surface area contributed by atoms with E-state index in [-0.39, 0.29) is 16.5 Å². The van der Waals surface area contributed by atoms with Gasteiger partial charge in [-0.15, -0.1) is 11.3 Å². The molecular formula is C11H10BrClN2O2S2. The van der Waals surface area contributed by atoms with Crippen molar-refractivity contribution in [1.82, 2.24) is 4.72 Å². The lowest BCUT2D eigenvalue weighted by Gasteiger charge is -2.07. The largest absolute Gasteiger partial charge is 0.398 e. The molecule has 1 aromatic carbocycles. The fraction of sp³-hybridized carbons (Fsp3) is 0.0909. The highest BCUT2D eigenvalue weighted by Crippen LogP contribution is 2.23. The van der Waals surface area contributed by atoms with Crippen LogP contribution in [0.4, 0.5) is 5.69 Å². The summed E-state index contributed by atoms with van der Waals surface area (Å²) in [5, 5.41) is 2.12. The molecule has 2 rings (SSSR count). The second kappa shape index (κ2) is 5.80. The number of thiophene rings is 1. The minimum absolute atomic E-state index is 0.0994. The van der Waals surface area contributed by atoms with E-state index in [2.05, 4.69) is 20.7 Å². The molecule has 4 nitrogen and oxygen atoms in total. The molecule has 102 valence electrons. The average Bonchev–Trinajstić information content (AvgIpc) is 2.76. The van der Waals surface area contributed by atoms with Gasteiger partial charge < -0.3 is 5.73 Å². The van der Waals surface area contributed by atoms with Crippen molar-refractivity contribution in [3.05, 3.63) is 44.0 Å². The highest BCUT2D eigenvalue weighted by molar-refractivity contribution is 9.10. The molecule has 0 amide bonds. The van der Waals surface area contributed by atoms with E-state index in [1.165, 1.54) is 29.5 Å². The Morgan fingerprint density at radius 1 is 1.37 bits per heavy atom. The molecule has 0 saturated carbocycles. The van der Waals surface area contributed by atoms with Crippen LogP contribution in [0.2, 0.25) is 5.02 Å². The Kier molecular flexibility index (Phi) is 4.52. The van der Waals surface area contributed by atoms with Crippen LogP contribution in [-0.4, -0.2) is 8.42 Å². The maximum atomic E-state index is 12.1. The van der Waals surface area contributed by atoms with Crippen molar-refractivity contribution in [2.45, 2.75) is 11.4 Å². The van der Waals surface area contributed by atoms with Crippen LogP contribution in [0, 0.1) is 0 Å². The number of nitrogen functional groups attached to an aromatic ring is 1. The molecule has 19 heavy (non-hydrogen) atoms. The third-order valence-electron chi connectivity index (χ3n) is 2.34. The van der Waals surface area contributed by atoms with E-state index < -0.39 is 10.0 Å². The molecule has 0 spiro atoms. The first kappa shape index (κ1) is 14.8. The van der Waals surface area contributed by atoms with E-state index in [1.54, 1.807) is 0 Å². The average molecular weight is 382 g/mol. The summed E-state index contributed by atoms with van der Waals surface area (Å²) in [6, 6.07) is 6.10. The lowest BCUT2D eigenvalue weighted by atomic mass is 10.3. The molecule has 0 aliphatic rings. The van der Waals surface area contributed by atoms with Gasteiger partial charge in [0.15, 0.2) is 0 Å². The van der Waals surface area contributed by atoms with Crippen LogP contribution in [0.1, 0.15) is 4.88 Å². The quantitative estimate of drug-likeness (QED) is 0.799. The van der Waals surface area contributed by atoms with Crippen molar-refractivity contribution in [2.24, 2.45) is 0 Å². The molecule has 0 radical (unpaired) electrons. The topological polar surface area (TPSA) is 72.2 Å². The molecule has 0 bridgehead atoms. The van der Waals surface area contributed by atoms with E-state index in [1.807, 2.05) is 11.4 Å². The van der Waals surface area contributed by atoms with Gasteiger partial charge in [-0.2, -0.15) is 0 Å². The smallest absolute Gasteiger partial charge is 0.240 e. The van der Waals surface area contributed by atoms with E-state index in [0.29, 0.717) is 5.69 Å². The highest BCUT2D eigenvalue weighted by Gasteiger charge is 2.15. The van der Waals surface area contributed by atoms with Gasteiger partial charge in [0.25, 0.3) is 0 Å². The summed E-state index contributed by atoms with van der Waals surface area (Å²) < 4.78 is 27.6. The van der Waals surface area contributed by atoms with E-state index in [9.17, 15) is 8.42 Å². The van der Waals surface area contributed by atoms with Crippen LogP contribution in [0.15, 0.2) is 39.0 Å². The number of anilines is 1. The Morgan fingerprint density at radius 3 is 2.68 bits per heavy atom. The normalized spacial score (nSPS) is 11.7. The first-order valence-electron chi connectivity index (χ1n) is 5.16. The Hall–Kier alpha value is -0.600. The van der Waals surface area contributed by atoms with E-state index in [0.717, 1.165) is 9.35 Å². The zero-order valence-electron chi connectivity index (χ0n) is 9.56. The molecule has 0 unspecified atom stereocenters. The Balaban J connectivity index is 2.16. The van der Waals surface area contributed by atoms with E-state index in [4.69, 9.17) is 17.3 Å². The summed E-state index contributed by atoms with van der Waals surface area (Å²) in [5.41, 5.74) is 5.90. The van der Waals surface area contributed by atoms with Crippen LogP contribution < -0.4 is 10.5 Å². The summed E-state index contributed by atoms with van der Waals surface area (Å²) in [6.45, 7) is 0.237. The van der Waals surface area contributed by atoms with Gasteiger partial charge in [-0.3, -0.25) is 0 Å². The van der Waals surface area contributed by atoms with Crippen molar-refractivity contribution in [3.63, 3.8) is 0 Å². The van der Waals surface area contributed by atoms with Gasteiger partial charge >= 0.3 is 0 Å². The predicted octanol–water partition coefficient (Wildman–Crippen LogP) is 3.22. The molecule has 1 heterocycles. The maximum Gasteiger partial charge on any atom is 0.240 e. The molecule has 0 aliphatic carbocycles. The first-order valence-corrected chi connectivity index (χ1v) is 8.69. The fourth-order valence-electron chi connectivity index (χ4n) is 1.37. The number of hydrogen-bond acceptors (Lipinski definition) is 4. The third-order valence-corrected chi connectivity index (χ3v) is 5.76. The van der Waals surface area contributed by atoms with E-state index >= 15 is 0 Å². The first-order chi connectivity index (χ1) is 8.88. The minimum atomic E-state index is -3.59. The Bertz CT molecular complexity index is 700. The van der Waals surface area contributed by atoms with Gasteiger partial charge in [-0.25, -0.2) is 13.1 Å². The molecule has 0 atom stereocenters. The van der Waals surface area contributed by atoms with Gasteiger partial charge in [-0.05, 0) is 40.2 Å². The zero-order valence-corrected chi connectivity index (χ0v) is 13.5. The number of rotatable bonds is 4. The van der Waals surface area contributed by atoms with Crippen LogP contribution in [0.3, 0.4) is 0 Å². The molecule has 3 N–H and O–H groups in total. The van der Waals surface area contributed by atoms with Crippen molar-refractivity contribution in [3.8, 4) is 0 Å². The van der Waals surface area contributed by atoms with Gasteiger partial charge in [0, 0.05) is 21.3 Å². The lowest BCUT2D eigenvalue weighted by Crippen LogP contribution is -2.22. The lowest BCUT2D eigenvalue weighted by molar-refractivity contribution is 0.582. The predicted molar refractivity (Wildman–Crippen MR) is 81.9 cm³/mol. The van der Waals surface area contributed by atoms with Crippen molar-refractivity contribution in [2.75, 3.05) is 5.73 Å². The number of halogens is 2. The number of hydrogen-bond donors (Lipinski definition) is 2. The number of sulfonamides is 1. The van der Waals surface area contributed by atoms with Gasteiger partial charge in [0.2, 0.25) is 10.0 Å². The van der Waals surface area contributed by atoms with Crippen molar-refractivity contribution in [1.29, 1.82) is 0 Å². The van der Waals surface area contributed by atoms with Crippen LogP contribution >= 0.6 is 38.9 Å². The minimum Gasteiger partial charge on any atom is -0.398 e. The number of benzene rings is 1. The SMILES string of the molecule is Nc1ccc(S(=O)(=O)NCc2cc(Br)cs2)cc1Cl. The summed E-state index contributed by atoms with van der Waals surface area (Å²) >= 11 is 10.6. The van der Waals surface area contributed by atoms with Crippen LogP contribution in [-0.2, 0) is 16.6 Å². The third kappa shape index (κ3) is 3.70. The standard InChI is InChI=1S/C11H10BrClN2O2S2/c12-7-3-8(18-6-7)5-15-19(16,17)9-1-2-11(14)10(13)4-9/h1-4,6,15H,5,14H2. The zero-order chi connectivity index (χ0) is 14.0. The maximum absolute atomic E-state index is 12.1.